The molecule has 2 aliphatic heterocycles. The zero-order valence-corrected chi connectivity index (χ0v) is 21.8. The Kier molecular flexibility index (Phi) is 7.04. The van der Waals surface area contributed by atoms with E-state index in [2.05, 4.69) is 15.5 Å². The van der Waals surface area contributed by atoms with Crippen LogP contribution in [0.2, 0.25) is 0 Å². The number of nitrogens with one attached hydrogen (secondary N) is 1. The van der Waals surface area contributed by atoms with Crippen LogP contribution in [-0.2, 0) is 19.2 Å². The van der Waals surface area contributed by atoms with Gasteiger partial charge in [0.15, 0.2) is 23.2 Å². The van der Waals surface area contributed by atoms with Crippen molar-refractivity contribution >= 4 is 69.0 Å². The Balaban J connectivity index is 1.31. The Morgan fingerprint density at radius 1 is 1.38 bits per heavy atom. The third-order valence-electron chi connectivity index (χ3n) is 5.78. The maximum Gasteiger partial charge on any atom is 0.276 e. The number of hydrogen-bond acceptors (Lipinski definition) is 11. The van der Waals surface area contributed by atoms with Gasteiger partial charge in [-0.3, -0.25) is 9.59 Å². The molecule has 0 saturated carbocycles. The Morgan fingerprint density at radius 3 is 2.95 bits per heavy atom. The average Bonchev–Trinajstić information content (AvgIpc) is 3.33. The summed E-state index contributed by atoms with van der Waals surface area (Å²) >= 11 is 3.95. The van der Waals surface area contributed by atoms with Crippen molar-refractivity contribution in [2.75, 3.05) is 24.3 Å². The molecule has 0 radical (unpaired) electrons. The van der Waals surface area contributed by atoms with E-state index in [-0.39, 0.29) is 22.2 Å². The van der Waals surface area contributed by atoms with E-state index in [0.29, 0.717) is 16.4 Å². The molecule has 2 unspecified atom stereocenters. The predicted molar refractivity (Wildman–Crippen MR) is 137 cm³/mol. The SMILES string of the molecule is CON=C(C(=O)NC1C(=O)N2C(C(=O)[O-])=C(CSc3cc[n+]4ccccc4c3)SCC12)c1csc(N)n1. The molecule has 2 aliphatic rings. The van der Waals surface area contributed by atoms with Crippen LogP contribution in [0.1, 0.15) is 5.69 Å². The molecule has 37 heavy (non-hydrogen) atoms. The number of nitrogen functional groups attached to an aromatic ring is 1. The number of nitrogens with zero attached hydrogens (tertiary/aromatic N) is 4. The van der Waals surface area contributed by atoms with Crippen molar-refractivity contribution in [1.29, 1.82) is 0 Å². The van der Waals surface area contributed by atoms with Gasteiger partial charge in [0.05, 0.1) is 17.7 Å². The number of rotatable bonds is 8. The summed E-state index contributed by atoms with van der Waals surface area (Å²) in [5, 5.41) is 20.2. The Hall–Kier alpha value is -3.62. The van der Waals surface area contributed by atoms with Crippen LogP contribution in [0.25, 0.3) is 5.52 Å². The molecule has 3 N–H and O–H groups in total. The first-order valence-electron chi connectivity index (χ1n) is 10.9. The van der Waals surface area contributed by atoms with Crippen molar-refractivity contribution < 1.29 is 28.7 Å². The number of carboxylic acids is 1. The fourth-order valence-corrected chi connectivity index (χ4v) is 6.96. The summed E-state index contributed by atoms with van der Waals surface area (Å²) in [4.78, 5) is 49.4. The minimum absolute atomic E-state index is 0.133. The maximum absolute atomic E-state index is 13.0. The monoisotopic (exact) mass is 556 g/mol. The lowest BCUT2D eigenvalue weighted by molar-refractivity contribution is -0.512. The maximum atomic E-state index is 13.0. The summed E-state index contributed by atoms with van der Waals surface area (Å²) in [5.41, 5.74) is 6.58. The van der Waals surface area contributed by atoms with Gasteiger partial charge in [-0.1, -0.05) is 5.16 Å². The lowest BCUT2D eigenvalue weighted by atomic mass is 9.94. The summed E-state index contributed by atoms with van der Waals surface area (Å²) < 4.78 is 1.98. The normalized spacial score (nSPS) is 19.4. The summed E-state index contributed by atoms with van der Waals surface area (Å²) in [6.45, 7) is 0. The molecule has 1 saturated heterocycles. The van der Waals surface area contributed by atoms with Gasteiger partial charge in [-0.05, 0) is 6.07 Å². The number of fused-ring (bicyclic) bond motifs is 2. The topological polar surface area (TPSA) is 154 Å². The number of thioether (sulfide) groups is 2. The average molecular weight is 557 g/mol. The fraction of sp³-hybridized carbons (Fsp3) is 0.217. The van der Waals surface area contributed by atoms with E-state index >= 15 is 0 Å². The van der Waals surface area contributed by atoms with Crippen molar-refractivity contribution in [3.05, 3.63) is 64.4 Å². The molecule has 0 aromatic carbocycles. The van der Waals surface area contributed by atoms with Crippen molar-refractivity contribution in [3.8, 4) is 0 Å². The zero-order chi connectivity index (χ0) is 26.1. The smallest absolute Gasteiger partial charge is 0.276 e. The highest BCUT2D eigenvalue weighted by Crippen LogP contribution is 2.40. The second kappa shape index (κ2) is 10.4. The van der Waals surface area contributed by atoms with Crippen LogP contribution in [0.15, 0.2) is 68.8 Å². The van der Waals surface area contributed by atoms with Gasteiger partial charge < -0.3 is 30.7 Å². The van der Waals surface area contributed by atoms with Crippen molar-refractivity contribution in [1.82, 2.24) is 15.2 Å². The summed E-state index contributed by atoms with van der Waals surface area (Å²) in [6.07, 6.45) is 3.88. The highest BCUT2D eigenvalue weighted by atomic mass is 32.2. The number of carbonyl (C=O) groups excluding carboxylic acids is 3. The number of aromatic nitrogens is 2. The van der Waals surface area contributed by atoms with Crippen LogP contribution in [0.3, 0.4) is 0 Å². The molecular weight excluding hydrogens is 536 g/mol. The molecule has 11 nitrogen and oxygen atoms in total. The summed E-state index contributed by atoms with van der Waals surface area (Å²) in [6, 6.07) is 8.36. The van der Waals surface area contributed by atoms with Crippen molar-refractivity contribution in [3.63, 3.8) is 0 Å². The van der Waals surface area contributed by atoms with Gasteiger partial charge in [0.1, 0.15) is 18.8 Å². The summed E-state index contributed by atoms with van der Waals surface area (Å²) in [5.74, 6) is -1.86. The third-order valence-corrected chi connectivity index (χ3v) is 8.85. The molecule has 2 atom stereocenters. The standard InChI is InChI=1S/C23H20N6O5S3/c1-34-27-17(14-9-37-23(24)25-14)20(30)26-18-15-10-36-16(19(22(32)33)29(15)21(18)31)11-35-13-5-7-28-6-3-2-4-12(28)8-13/h2-9,15,18H,10-11H2,1H3,(H3-,24,25,26,30,32,33). The van der Waals surface area contributed by atoms with Gasteiger partial charge in [-0.15, -0.1) is 34.9 Å². The summed E-state index contributed by atoms with van der Waals surface area (Å²) in [7, 11) is 1.28. The number of anilines is 1. The quantitative estimate of drug-likeness (QED) is 0.128. The molecule has 0 aliphatic carbocycles. The van der Waals surface area contributed by atoms with E-state index in [4.69, 9.17) is 10.6 Å². The molecule has 5 rings (SSSR count). The minimum atomic E-state index is -1.43. The van der Waals surface area contributed by atoms with Crippen LogP contribution in [-0.4, -0.2) is 64.1 Å². The zero-order valence-electron chi connectivity index (χ0n) is 19.3. The molecular formula is C23H20N6O5S3. The molecule has 3 aromatic rings. The van der Waals surface area contributed by atoms with Gasteiger partial charge in [0, 0.05) is 51.0 Å². The van der Waals surface area contributed by atoms with E-state index in [9.17, 15) is 19.5 Å². The largest absolute Gasteiger partial charge is 0.543 e. The number of oxime groups is 1. The fourth-order valence-electron chi connectivity index (χ4n) is 4.08. The molecule has 0 spiro atoms. The van der Waals surface area contributed by atoms with Gasteiger partial charge in [-0.25, -0.2) is 4.98 Å². The first-order chi connectivity index (χ1) is 17.9. The second-order valence-corrected chi connectivity index (χ2v) is 11.0. The molecule has 0 bridgehead atoms. The highest BCUT2D eigenvalue weighted by molar-refractivity contribution is 8.06. The number of carboxylic acid groups (broad SMARTS) is 1. The highest BCUT2D eigenvalue weighted by Gasteiger charge is 2.52. The van der Waals surface area contributed by atoms with Crippen LogP contribution < -0.4 is 20.6 Å². The lowest BCUT2D eigenvalue weighted by Gasteiger charge is -2.51. The molecule has 5 heterocycles. The van der Waals surface area contributed by atoms with Gasteiger partial charge in [0.2, 0.25) is 5.52 Å². The second-order valence-electron chi connectivity index (χ2n) is 7.97. The van der Waals surface area contributed by atoms with E-state index in [1.807, 2.05) is 47.1 Å². The van der Waals surface area contributed by atoms with Crippen molar-refractivity contribution in [2.45, 2.75) is 17.0 Å². The number of aliphatic carboxylic acids is 1. The number of β-lactam (4-membered cyclic amide) rings is 1. The van der Waals surface area contributed by atoms with E-state index < -0.39 is 29.9 Å². The van der Waals surface area contributed by atoms with Crippen LogP contribution in [0.4, 0.5) is 5.13 Å². The van der Waals surface area contributed by atoms with E-state index in [1.165, 1.54) is 35.5 Å². The first-order valence-corrected chi connectivity index (χ1v) is 13.8. The van der Waals surface area contributed by atoms with Gasteiger partial charge >= 0.3 is 0 Å². The Morgan fingerprint density at radius 2 is 2.22 bits per heavy atom. The van der Waals surface area contributed by atoms with E-state index in [1.54, 1.807) is 5.38 Å². The number of carbonyl (C=O) groups is 3. The molecule has 1 fully saturated rings. The Labute approximate surface area is 223 Å². The van der Waals surface area contributed by atoms with Gasteiger partial charge in [0.25, 0.3) is 11.8 Å². The molecule has 190 valence electrons. The number of nitrogens with two attached hydrogens (primary N) is 1. The minimum Gasteiger partial charge on any atom is -0.543 e. The molecule has 3 aromatic heterocycles. The third kappa shape index (κ3) is 4.86. The number of hydrogen-bond donors (Lipinski definition) is 2. The molecule has 14 heteroatoms. The predicted octanol–water partition coefficient (Wildman–Crippen LogP) is 0.0107. The van der Waals surface area contributed by atoms with Crippen molar-refractivity contribution in [2.24, 2.45) is 5.16 Å². The number of amides is 2. The van der Waals surface area contributed by atoms with Crippen LogP contribution in [0, 0.1) is 0 Å². The van der Waals surface area contributed by atoms with Crippen LogP contribution >= 0.6 is 34.9 Å². The van der Waals surface area contributed by atoms with Crippen LogP contribution in [0.5, 0.6) is 0 Å². The Bertz CT molecular complexity index is 1470. The molecule has 2 amide bonds. The number of pyridine rings is 2. The first kappa shape index (κ1) is 25.0. The van der Waals surface area contributed by atoms with E-state index in [0.717, 1.165) is 21.7 Å². The van der Waals surface area contributed by atoms with Gasteiger partial charge in [-0.2, -0.15) is 4.40 Å². The lowest BCUT2D eigenvalue weighted by Crippen LogP contribution is -2.73. The number of thiazole rings is 1.